The quantitative estimate of drug-likeness (QED) is 0.544. The lowest BCUT2D eigenvalue weighted by molar-refractivity contribution is 0.239. The van der Waals surface area contributed by atoms with Crippen LogP contribution < -0.4 is 0 Å². The van der Waals surface area contributed by atoms with Gasteiger partial charge >= 0.3 is 0 Å². The molecule has 0 aliphatic heterocycles. The molecule has 0 bridgehead atoms. The minimum absolute atomic E-state index is 0.0766. The summed E-state index contributed by atoms with van der Waals surface area (Å²) in [4.78, 5) is 0. The Morgan fingerprint density at radius 1 is 1.29 bits per heavy atom. The van der Waals surface area contributed by atoms with E-state index in [1.54, 1.807) is 6.08 Å². The minimum atomic E-state index is -1.62. The summed E-state index contributed by atoms with van der Waals surface area (Å²) < 4.78 is 7.24. The van der Waals surface area contributed by atoms with Crippen molar-refractivity contribution in [3.05, 3.63) is 59.1 Å². The van der Waals surface area contributed by atoms with E-state index in [1.807, 2.05) is 12.1 Å². The standard InChI is InChI=1S/C14H19BrOSi/c1-6-11(2)14(16-17(3,4)5)12-7-9-13(15)10-8-12/h6-10,14H,1-2H2,3-5H3. The van der Waals surface area contributed by atoms with Crippen LogP contribution in [0.4, 0.5) is 0 Å². The van der Waals surface area contributed by atoms with Crippen LogP contribution in [0.5, 0.6) is 0 Å². The van der Waals surface area contributed by atoms with Crippen LogP contribution in [0, 0.1) is 0 Å². The molecule has 0 fully saturated rings. The molecule has 0 aromatic heterocycles. The van der Waals surface area contributed by atoms with Crippen LogP contribution in [0.15, 0.2) is 53.5 Å². The third kappa shape index (κ3) is 4.62. The van der Waals surface area contributed by atoms with Crippen molar-refractivity contribution in [3.63, 3.8) is 0 Å². The molecule has 0 spiro atoms. The summed E-state index contributed by atoms with van der Waals surface area (Å²) in [6.07, 6.45) is 1.69. The lowest BCUT2D eigenvalue weighted by Crippen LogP contribution is -2.28. The number of hydrogen-bond donors (Lipinski definition) is 0. The Kier molecular flexibility index (Phi) is 4.92. The van der Waals surface area contributed by atoms with Crippen LogP contribution in [0.2, 0.25) is 19.6 Å². The first-order valence-electron chi connectivity index (χ1n) is 5.58. The van der Waals surface area contributed by atoms with E-state index in [-0.39, 0.29) is 6.10 Å². The highest BCUT2D eigenvalue weighted by Crippen LogP contribution is 2.29. The van der Waals surface area contributed by atoms with Gasteiger partial charge in [0.25, 0.3) is 0 Å². The van der Waals surface area contributed by atoms with Gasteiger partial charge in [0.1, 0.15) is 0 Å². The van der Waals surface area contributed by atoms with Gasteiger partial charge in [-0.3, -0.25) is 0 Å². The van der Waals surface area contributed by atoms with E-state index in [0.717, 1.165) is 15.6 Å². The molecule has 0 N–H and O–H groups in total. The molecule has 1 atom stereocenters. The molecule has 1 unspecified atom stereocenters. The fourth-order valence-corrected chi connectivity index (χ4v) is 2.71. The Morgan fingerprint density at radius 2 is 1.82 bits per heavy atom. The van der Waals surface area contributed by atoms with E-state index in [1.165, 1.54) is 0 Å². The molecule has 0 aliphatic rings. The maximum absolute atomic E-state index is 6.17. The van der Waals surface area contributed by atoms with Gasteiger partial charge in [0.2, 0.25) is 0 Å². The van der Waals surface area contributed by atoms with Crippen LogP contribution in [0.25, 0.3) is 0 Å². The zero-order valence-electron chi connectivity index (χ0n) is 10.7. The summed E-state index contributed by atoms with van der Waals surface area (Å²) in [5.41, 5.74) is 2.04. The van der Waals surface area contributed by atoms with E-state index in [4.69, 9.17) is 4.43 Å². The van der Waals surface area contributed by atoms with Crippen LogP contribution >= 0.6 is 15.9 Å². The van der Waals surface area contributed by atoms with E-state index < -0.39 is 8.32 Å². The van der Waals surface area contributed by atoms with Crippen LogP contribution in [0.3, 0.4) is 0 Å². The Hall–Kier alpha value is -0.643. The van der Waals surface area contributed by atoms with E-state index >= 15 is 0 Å². The predicted molar refractivity (Wildman–Crippen MR) is 80.7 cm³/mol. The zero-order chi connectivity index (χ0) is 13.1. The van der Waals surface area contributed by atoms with Crippen molar-refractivity contribution in [2.75, 3.05) is 0 Å². The van der Waals surface area contributed by atoms with E-state index in [9.17, 15) is 0 Å². The maximum Gasteiger partial charge on any atom is 0.185 e. The molecule has 0 heterocycles. The smallest absolute Gasteiger partial charge is 0.185 e. The maximum atomic E-state index is 6.17. The molecule has 92 valence electrons. The molecule has 3 heteroatoms. The Balaban J connectivity index is 3.02. The minimum Gasteiger partial charge on any atom is -0.407 e. The molecule has 1 rings (SSSR count). The largest absolute Gasteiger partial charge is 0.407 e. The van der Waals surface area contributed by atoms with Gasteiger partial charge in [-0.15, -0.1) is 0 Å². The Morgan fingerprint density at radius 3 is 2.24 bits per heavy atom. The highest BCUT2D eigenvalue weighted by Gasteiger charge is 2.23. The van der Waals surface area contributed by atoms with Gasteiger partial charge < -0.3 is 4.43 Å². The van der Waals surface area contributed by atoms with Gasteiger partial charge in [-0.25, -0.2) is 0 Å². The van der Waals surface area contributed by atoms with Gasteiger partial charge in [0.05, 0.1) is 6.10 Å². The SMILES string of the molecule is C=CC(=C)C(O[Si](C)(C)C)c1ccc(Br)cc1. The third-order valence-electron chi connectivity index (χ3n) is 2.24. The molecule has 1 aromatic rings. The van der Waals surface area contributed by atoms with Gasteiger partial charge in [0, 0.05) is 4.47 Å². The second kappa shape index (κ2) is 5.80. The van der Waals surface area contributed by atoms with Gasteiger partial charge in [-0.2, -0.15) is 0 Å². The topological polar surface area (TPSA) is 9.23 Å². The lowest BCUT2D eigenvalue weighted by atomic mass is 10.0. The van der Waals surface area contributed by atoms with E-state index in [0.29, 0.717) is 0 Å². The van der Waals surface area contributed by atoms with Gasteiger partial charge in [0.15, 0.2) is 8.32 Å². The first-order valence-corrected chi connectivity index (χ1v) is 9.78. The summed E-state index contributed by atoms with van der Waals surface area (Å²) in [6.45, 7) is 14.3. The molecular weight excluding hydrogens is 292 g/mol. The molecule has 0 amide bonds. The molecular formula is C14H19BrOSi. The van der Waals surface area contributed by atoms with Crippen molar-refractivity contribution in [3.8, 4) is 0 Å². The fraction of sp³-hybridized carbons (Fsp3) is 0.286. The molecule has 17 heavy (non-hydrogen) atoms. The highest BCUT2D eigenvalue weighted by molar-refractivity contribution is 9.10. The molecule has 0 saturated carbocycles. The van der Waals surface area contributed by atoms with Gasteiger partial charge in [-0.05, 0) is 42.9 Å². The van der Waals surface area contributed by atoms with Crippen molar-refractivity contribution in [2.45, 2.75) is 25.7 Å². The third-order valence-corrected chi connectivity index (χ3v) is 3.71. The summed E-state index contributed by atoms with van der Waals surface area (Å²) in [6, 6.07) is 8.16. The summed E-state index contributed by atoms with van der Waals surface area (Å²) in [5.74, 6) is 0. The van der Waals surface area contributed by atoms with Crippen molar-refractivity contribution < 1.29 is 4.43 Å². The monoisotopic (exact) mass is 310 g/mol. The average molecular weight is 311 g/mol. The summed E-state index contributed by atoms with van der Waals surface area (Å²) in [5, 5.41) is 0. The number of hydrogen-bond acceptors (Lipinski definition) is 1. The molecule has 1 aromatic carbocycles. The predicted octanol–water partition coefficient (Wildman–Crippen LogP) is 5.08. The summed E-state index contributed by atoms with van der Waals surface area (Å²) in [7, 11) is -1.62. The van der Waals surface area contributed by atoms with Crippen LogP contribution in [-0.2, 0) is 4.43 Å². The second-order valence-corrected chi connectivity index (χ2v) is 10.3. The summed E-state index contributed by atoms with van der Waals surface area (Å²) >= 11 is 3.44. The van der Waals surface area contributed by atoms with Gasteiger partial charge in [-0.1, -0.05) is 47.3 Å². The number of halogens is 1. The average Bonchev–Trinajstić information content (AvgIpc) is 2.25. The number of benzene rings is 1. The first kappa shape index (κ1) is 14.4. The normalized spacial score (nSPS) is 13.2. The van der Waals surface area contributed by atoms with Crippen LogP contribution in [-0.4, -0.2) is 8.32 Å². The first-order chi connectivity index (χ1) is 7.83. The van der Waals surface area contributed by atoms with Crippen molar-refractivity contribution in [2.24, 2.45) is 0 Å². The van der Waals surface area contributed by atoms with Crippen molar-refractivity contribution in [1.29, 1.82) is 0 Å². The van der Waals surface area contributed by atoms with E-state index in [2.05, 4.69) is 60.9 Å². The molecule has 0 aliphatic carbocycles. The van der Waals surface area contributed by atoms with Crippen molar-refractivity contribution in [1.82, 2.24) is 0 Å². The van der Waals surface area contributed by atoms with Crippen molar-refractivity contribution >= 4 is 24.2 Å². The second-order valence-electron chi connectivity index (χ2n) is 4.94. The zero-order valence-corrected chi connectivity index (χ0v) is 13.3. The fourth-order valence-electron chi connectivity index (χ4n) is 1.46. The molecule has 0 radical (unpaired) electrons. The van der Waals surface area contributed by atoms with Crippen LogP contribution in [0.1, 0.15) is 11.7 Å². The molecule has 1 nitrogen and oxygen atoms in total. The molecule has 0 saturated heterocycles. The number of rotatable bonds is 5. The lowest BCUT2D eigenvalue weighted by Gasteiger charge is -2.27. The highest BCUT2D eigenvalue weighted by atomic mass is 79.9. The Labute approximate surface area is 113 Å². The Bertz CT molecular complexity index is 403.